The zero-order valence-electron chi connectivity index (χ0n) is 20.8. The number of benzene rings is 3. The number of hydrogen-bond acceptors (Lipinski definition) is 2. The van der Waals surface area contributed by atoms with Gasteiger partial charge in [0.15, 0.2) is 0 Å². The van der Waals surface area contributed by atoms with Crippen molar-refractivity contribution in [1.29, 1.82) is 0 Å². The van der Waals surface area contributed by atoms with Gasteiger partial charge in [-0.05, 0) is 58.2 Å². The third-order valence-electron chi connectivity index (χ3n) is 8.07. The third kappa shape index (κ3) is 3.07. The van der Waals surface area contributed by atoms with E-state index in [2.05, 4.69) is 93.1 Å². The number of rotatable bonds is 5. The summed E-state index contributed by atoms with van der Waals surface area (Å²) in [6.07, 6.45) is 4.65. The molecule has 2 aromatic heterocycles. The molecule has 5 aromatic rings. The Kier molecular flexibility index (Phi) is 4.88. The molecule has 1 fully saturated rings. The lowest BCUT2D eigenvalue weighted by atomic mass is 9.74. The van der Waals surface area contributed by atoms with Crippen molar-refractivity contribution in [1.82, 2.24) is 9.97 Å². The topological polar surface area (TPSA) is 50.0 Å². The fourth-order valence-corrected chi connectivity index (χ4v) is 5.55. The number of fused-ring (bicyclic) bond motifs is 6. The molecule has 5 heteroatoms. The highest BCUT2D eigenvalue weighted by Gasteiger charge is 2.53. The summed E-state index contributed by atoms with van der Waals surface area (Å²) in [5.74, 6) is 0. The van der Waals surface area contributed by atoms with Gasteiger partial charge in [-0.2, -0.15) is 0 Å². The Bertz CT molecular complexity index is 1520. The second-order valence-corrected chi connectivity index (χ2v) is 10.8. The smallest absolute Gasteiger partial charge is 0.399 e. The Morgan fingerprint density at radius 1 is 0.735 bits per heavy atom. The van der Waals surface area contributed by atoms with Gasteiger partial charge in [0, 0.05) is 43.6 Å². The number of hydrogen-bond donors (Lipinski definition) is 2. The first-order valence-electron chi connectivity index (χ1n) is 12.6. The van der Waals surface area contributed by atoms with Gasteiger partial charge < -0.3 is 19.3 Å². The van der Waals surface area contributed by atoms with Crippen molar-refractivity contribution in [3.8, 4) is 0 Å². The first kappa shape index (κ1) is 21.8. The number of para-hydroxylation sites is 2. The van der Waals surface area contributed by atoms with Gasteiger partial charge in [0.2, 0.25) is 0 Å². The van der Waals surface area contributed by atoms with Crippen LogP contribution in [0.5, 0.6) is 0 Å². The van der Waals surface area contributed by atoms with E-state index in [1.807, 2.05) is 0 Å². The van der Waals surface area contributed by atoms with Crippen LogP contribution >= 0.6 is 0 Å². The first-order chi connectivity index (χ1) is 16.3. The Labute approximate surface area is 201 Å². The van der Waals surface area contributed by atoms with E-state index in [1.165, 1.54) is 51.9 Å². The van der Waals surface area contributed by atoms with E-state index in [4.69, 9.17) is 9.31 Å². The number of aryl methyl sites for hydroxylation is 1. The summed E-state index contributed by atoms with van der Waals surface area (Å²) in [5.41, 5.74) is 6.36. The molecule has 1 aliphatic rings. The number of nitrogens with one attached hydrogen (secondary N) is 2. The van der Waals surface area contributed by atoms with Crippen LogP contribution in [0.15, 0.2) is 48.5 Å². The maximum atomic E-state index is 6.66. The molecule has 0 atom stereocenters. The molecule has 0 saturated carbocycles. The summed E-state index contributed by atoms with van der Waals surface area (Å²) < 4.78 is 13.3. The molecule has 0 bridgehead atoms. The summed E-state index contributed by atoms with van der Waals surface area (Å²) in [6.45, 7) is 10.8. The maximum Gasteiger partial charge on any atom is 0.497 e. The number of H-pyrrole nitrogens is 2. The van der Waals surface area contributed by atoms with Crippen LogP contribution in [0, 0.1) is 0 Å². The van der Waals surface area contributed by atoms with Gasteiger partial charge in [-0.15, -0.1) is 0 Å². The van der Waals surface area contributed by atoms with Gasteiger partial charge >= 0.3 is 7.12 Å². The molecular formula is C29H33BN2O2. The molecular weight excluding hydrogens is 419 g/mol. The SMILES string of the molecule is CCCCCc1c2[nH]c3ccccc3c2c(B2OC(C)(C)C(C)(C)O2)c2[nH]c3ccccc3c12. The minimum Gasteiger partial charge on any atom is -0.399 e. The third-order valence-corrected chi connectivity index (χ3v) is 8.07. The van der Waals surface area contributed by atoms with Gasteiger partial charge in [-0.3, -0.25) is 0 Å². The van der Waals surface area contributed by atoms with Gasteiger partial charge in [0.1, 0.15) is 0 Å². The quantitative estimate of drug-likeness (QED) is 0.223. The standard InChI is InChI=1S/C29H33BN2O2/c1-6-7-8-15-20-23-18-13-9-11-16-21(18)32-27(23)25(30-33-28(2,3)29(4,5)34-30)24-19-14-10-12-17-22(19)31-26(20)24/h9-14,16-17,31-32H,6-8,15H2,1-5H3. The second-order valence-electron chi connectivity index (χ2n) is 10.8. The highest BCUT2D eigenvalue weighted by Crippen LogP contribution is 2.41. The van der Waals surface area contributed by atoms with Crippen LogP contribution in [-0.4, -0.2) is 28.3 Å². The number of aromatic nitrogens is 2. The predicted molar refractivity (Wildman–Crippen MR) is 144 cm³/mol. The summed E-state index contributed by atoms with van der Waals surface area (Å²) in [5, 5.41) is 5.01. The van der Waals surface area contributed by atoms with Crippen molar-refractivity contribution < 1.29 is 9.31 Å². The minimum atomic E-state index is -0.452. The lowest BCUT2D eigenvalue weighted by molar-refractivity contribution is 0.00578. The Hall–Kier alpha value is -2.76. The number of aromatic amines is 2. The first-order valence-corrected chi connectivity index (χ1v) is 12.6. The van der Waals surface area contributed by atoms with Gasteiger partial charge in [-0.1, -0.05) is 56.2 Å². The van der Waals surface area contributed by atoms with Gasteiger partial charge in [-0.25, -0.2) is 0 Å². The normalized spacial score (nSPS) is 17.6. The van der Waals surface area contributed by atoms with E-state index in [-0.39, 0.29) is 0 Å². The zero-order valence-corrected chi connectivity index (χ0v) is 20.8. The molecule has 6 rings (SSSR count). The molecule has 0 aliphatic carbocycles. The van der Waals surface area contributed by atoms with Crippen molar-refractivity contribution in [2.24, 2.45) is 0 Å². The molecule has 0 unspecified atom stereocenters. The molecule has 2 N–H and O–H groups in total. The molecule has 3 heterocycles. The van der Waals surface area contributed by atoms with Crippen LogP contribution in [0.3, 0.4) is 0 Å². The van der Waals surface area contributed by atoms with Crippen molar-refractivity contribution >= 4 is 56.2 Å². The summed E-state index contributed by atoms with van der Waals surface area (Å²) in [6, 6.07) is 17.3. The van der Waals surface area contributed by atoms with E-state index in [0.29, 0.717) is 0 Å². The highest BCUT2D eigenvalue weighted by atomic mass is 16.7. The molecule has 4 nitrogen and oxygen atoms in total. The predicted octanol–water partition coefficient (Wildman–Crippen LogP) is 6.99. The average Bonchev–Trinajstić information content (AvgIpc) is 3.43. The highest BCUT2D eigenvalue weighted by molar-refractivity contribution is 6.69. The molecule has 0 amide bonds. The maximum absolute atomic E-state index is 6.66. The van der Waals surface area contributed by atoms with Gasteiger partial charge in [0.25, 0.3) is 0 Å². The fraction of sp³-hybridized carbons (Fsp3) is 0.379. The minimum absolute atomic E-state index is 0.408. The molecule has 34 heavy (non-hydrogen) atoms. The van der Waals surface area contributed by atoms with E-state index in [1.54, 1.807) is 0 Å². The Morgan fingerprint density at radius 3 is 1.91 bits per heavy atom. The van der Waals surface area contributed by atoms with Crippen molar-refractivity contribution in [2.75, 3.05) is 0 Å². The van der Waals surface area contributed by atoms with Crippen LogP contribution in [0.25, 0.3) is 43.6 Å². The molecule has 174 valence electrons. The zero-order chi connectivity index (χ0) is 23.7. The van der Waals surface area contributed by atoms with Crippen molar-refractivity contribution in [2.45, 2.75) is 71.5 Å². The lowest BCUT2D eigenvalue weighted by Gasteiger charge is -2.32. The van der Waals surface area contributed by atoms with Crippen LogP contribution < -0.4 is 5.46 Å². The molecule has 0 spiro atoms. The lowest BCUT2D eigenvalue weighted by Crippen LogP contribution is -2.41. The molecule has 1 saturated heterocycles. The number of unbranched alkanes of at least 4 members (excludes halogenated alkanes) is 2. The van der Waals surface area contributed by atoms with E-state index >= 15 is 0 Å². The average molecular weight is 452 g/mol. The molecule has 3 aromatic carbocycles. The summed E-state index contributed by atoms with van der Waals surface area (Å²) in [4.78, 5) is 7.58. The molecule has 0 radical (unpaired) electrons. The second kappa shape index (κ2) is 7.62. The monoisotopic (exact) mass is 452 g/mol. The van der Waals surface area contributed by atoms with Crippen molar-refractivity contribution in [3.63, 3.8) is 0 Å². The summed E-state index contributed by atoms with van der Waals surface area (Å²) in [7, 11) is -0.452. The fourth-order valence-electron chi connectivity index (χ4n) is 5.55. The van der Waals surface area contributed by atoms with E-state index in [9.17, 15) is 0 Å². The van der Waals surface area contributed by atoms with E-state index < -0.39 is 18.3 Å². The van der Waals surface area contributed by atoms with Crippen LogP contribution in [0.1, 0.15) is 59.4 Å². The van der Waals surface area contributed by atoms with Crippen LogP contribution in [0.2, 0.25) is 0 Å². The van der Waals surface area contributed by atoms with E-state index in [0.717, 1.165) is 28.4 Å². The Morgan fingerprint density at radius 2 is 1.29 bits per heavy atom. The Balaban J connectivity index is 1.76. The van der Waals surface area contributed by atoms with Crippen molar-refractivity contribution in [3.05, 3.63) is 54.1 Å². The van der Waals surface area contributed by atoms with Gasteiger partial charge in [0.05, 0.1) is 16.7 Å². The summed E-state index contributed by atoms with van der Waals surface area (Å²) >= 11 is 0. The largest absolute Gasteiger partial charge is 0.497 e. The van der Waals surface area contributed by atoms with Crippen LogP contribution in [0.4, 0.5) is 0 Å². The van der Waals surface area contributed by atoms with Crippen LogP contribution in [-0.2, 0) is 15.7 Å². The molecule has 1 aliphatic heterocycles.